The molecule has 2 rings (SSSR count). The van der Waals surface area contributed by atoms with Crippen molar-refractivity contribution in [1.29, 1.82) is 0 Å². The molecule has 0 aliphatic heterocycles. The van der Waals surface area contributed by atoms with Crippen LogP contribution in [-0.4, -0.2) is 4.98 Å². The molecule has 1 aromatic carbocycles. The van der Waals surface area contributed by atoms with E-state index in [4.69, 9.17) is 23.2 Å². The lowest BCUT2D eigenvalue weighted by atomic mass is 10.3. The van der Waals surface area contributed by atoms with Crippen molar-refractivity contribution in [2.75, 3.05) is 5.32 Å². The van der Waals surface area contributed by atoms with E-state index in [2.05, 4.69) is 26.2 Å². The number of nitrogens with zero attached hydrogens (tertiary/aromatic N) is 1. The Balaban J connectivity index is 2.54. The Bertz CT molecular complexity index is 671. The first-order valence-corrected chi connectivity index (χ1v) is 6.48. The first-order chi connectivity index (χ1) is 9.32. The number of nitrogens with one attached hydrogen (secondary N) is 1. The quantitative estimate of drug-likeness (QED) is 0.419. The van der Waals surface area contributed by atoms with E-state index in [1.54, 1.807) is 0 Å². The topological polar surface area (TPSA) is 24.9 Å². The Labute approximate surface area is 128 Å². The van der Waals surface area contributed by atoms with E-state index < -0.39 is 29.2 Å². The molecule has 0 spiro atoms. The van der Waals surface area contributed by atoms with Gasteiger partial charge in [-0.1, -0.05) is 23.2 Å². The third-order valence-electron chi connectivity index (χ3n) is 2.29. The van der Waals surface area contributed by atoms with Crippen LogP contribution >= 0.6 is 39.1 Å². The molecule has 0 fully saturated rings. The summed E-state index contributed by atoms with van der Waals surface area (Å²) >= 11 is 14.8. The van der Waals surface area contributed by atoms with E-state index in [9.17, 15) is 17.6 Å². The highest BCUT2D eigenvalue weighted by molar-refractivity contribution is 9.10. The second kappa shape index (κ2) is 5.75. The minimum absolute atomic E-state index is 0.0253. The van der Waals surface area contributed by atoms with Crippen LogP contribution in [0.4, 0.5) is 28.9 Å². The molecule has 0 bridgehead atoms. The van der Waals surface area contributed by atoms with Crippen LogP contribution in [0.5, 0.6) is 0 Å². The van der Waals surface area contributed by atoms with Gasteiger partial charge in [-0.3, -0.25) is 0 Å². The number of anilines is 2. The maximum absolute atomic E-state index is 13.4. The standard InChI is InChI=1S/C11H3BrCl2F4N2/c12-3-1-2-4(6(14)5(3)13)19-9-7(15)10(17)20-11(18)8(9)16/h1-2H,(H,19,20). The van der Waals surface area contributed by atoms with Crippen molar-refractivity contribution in [3.8, 4) is 0 Å². The first kappa shape index (κ1) is 15.3. The van der Waals surface area contributed by atoms with Gasteiger partial charge < -0.3 is 5.32 Å². The molecular weight excluding hydrogens is 387 g/mol. The fraction of sp³-hybridized carbons (Fsp3) is 0. The largest absolute Gasteiger partial charge is 0.349 e. The van der Waals surface area contributed by atoms with Crippen molar-refractivity contribution in [2.45, 2.75) is 0 Å². The fourth-order valence-electron chi connectivity index (χ4n) is 1.35. The van der Waals surface area contributed by atoms with Gasteiger partial charge in [0.2, 0.25) is 11.6 Å². The molecular formula is C11H3BrCl2F4N2. The highest BCUT2D eigenvalue weighted by Gasteiger charge is 2.22. The van der Waals surface area contributed by atoms with E-state index in [0.29, 0.717) is 4.47 Å². The lowest BCUT2D eigenvalue weighted by molar-refractivity contribution is 0.411. The lowest BCUT2D eigenvalue weighted by Crippen LogP contribution is -2.06. The van der Waals surface area contributed by atoms with Gasteiger partial charge in [0.15, 0.2) is 0 Å². The summed E-state index contributed by atoms with van der Waals surface area (Å²) in [5.41, 5.74) is -1.07. The monoisotopic (exact) mass is 388 g/mol. The summed E-state index contributed by atoms with van der Waals surface area (Å²) in [7, 11) is 0. The van der Waals surface area contributed by atoms with E-state index in [0.717, 1.165) is 0 Å². The summed E-state index contributed by atoms with van der Waals surface area (Å²) in [6, 6.07) is 2.77. The smallest absolute Gasteiger partial charge is 0.253 e. The van der Waals surface area contributed by atoms with Crippen molar-refractivity contribution in [1.82, 2.24) is 4.98 Å². The van der Waals surface area contributed by atoms with Gasteiger partial charge in [-0.05, 0) is 28.1 Å². The van der Waals surface area contributed by atoms with Crippen LogP contribution in [0.1, 0.15) is 0 Å². The van der Waals surface area contributed by atoms with Crippen LogP contribution in [-0.2, 0) is 0 Å². The zero-order valence-electron chi connectivity index (χ0n) is 9.25. The SMILES string of the molecule is Fc1nc(F)c(F)c(Nc2ccc(Br)c(Cl)c2Cl)c1F. The number of hydrogen-bond acceptors (Lipinski definition) is 2. The molecule has 0 amide bonds. The number of aromatic nitrogens is 1. The third-order valence-corrected chi connectivity index (χ3v) is 4.06. The molecule has 0 unspecified atom stereocenters. The number of benzene rings is 1. The maximum atomic E-state index is 13.4. The number of pyridine rings is 1. The second-order valence-corrected chi connectivity index (χ2v) is 5.15. The van der Waals surface area contributed by atoms with Gasteiger partial charge in [0.05, 0.1) is 15.7 Å². The molecule has 0 saturated carbocycles. The molecule has 0 aliphatic carbocycles. The zero-order valence-corrected chi connectivity index (χ0v) is 12.3. The van der Waals surface area contributed by atoms with Gasteiger partial charge in [-0.25, -0.2) is 0 Å². The van der Waals surface area contributed by atoms with Crippen molar-refractivity contribution < 1.29 is 17.6 Å². The molecule has 0 saturated heterocycles. The van der Waals surface area contributed by atoms with Gasteiger partial charge >= 0.3 is 0 Å². The van der Waals surface area contributed by atoms with Crippen molar-refractivity contribution >= 4 is 50.5 Å². The van der Waals surface area contributed by atoms with Gasteiger partial charge in [0, 0.05) is 4.47 Å². The second-order valence-electron chi connectivity index (χ2n) is 3.54. The Kier molecular flexibility index (Phi) is 4.41. The molecule has 9 heteroatoms. The van der Waals surface area contributed by atoms with Crippen molar-refractivity contribution in [2.24, 2.45) is 0 Å². The van der Waals surface area contributed by atoms with Crippen LogP contribution in [0, 0.1) is 23.5 Å². The fourth-order valence-corrected chi connectivity index (χ4v) is 2.18. The van der Waals surface area contributed by atoms with Crippen LogP contribution in [0.3, 0.4) is 0 Å². The van der Waals surface area contributed by atoms with Crippen molar-refractivity contribution in [3.05, 3.63) is 50.2 Å². The van der Waals surface area contributed by atoms with Crippen molar-refractivity contribution in [3.63, 3.8) is 0 Å². The van der Waals surface area contributed by atoms with E-state index in [1.165, 1.54) is 12.1 Å². The molecule has 0 aliphatic rings. The molecule has 0 radical (unpaired) electrons. The van der Waals surface area contributed by atoms with E-state index in [-0.39, 0.29) is 15.7 Å². The summed E-state index contributed by atoms with van der Waals surface area (Å²) in [5.74, 6) is -6.88. The van der Waals surface area contributed by atoms with Gasteiger partial charge in [-0.15, -0.1) is 0 Å². The Morgan fingerprint density at radius 1 is 0.950 bits per heavy atom. The summed E-state index contributed by atoms with van der Waals surface area (Å²) in [4.78, 5) is 2.44. The average molecular weight is 390 g/mol. The van der Waals surface area contributed by atoms with Gasteiger partial charge in [-0.2, -0.15) is 22.5 Å². The third kappa shape index (κ3) is 2.70. The first-order valence-electron chi connectivity index (χ1n) is 4.93. The molecule has 0 atom stereocenters. The van der Waals surface area contributed by atoms with Crippen LogP contribution < -0.4 is 5.32 Å². The maximum Gasteiger partial charge on any atom is 0.253 e. The van der Waals surface area contributed by atoms with E-state index >= 15 is 0 Å². The number of hydrogen-bond donors (Lipinski definition) is 1. The molecule has 1 heterocycles. The van der Waals surface area contributed by atoms with Crippen LogP contribution in [0.2, 0.25) is 10.0 Å². The highest BCUT2D eigenvalue weighted by Crippen LogP contribution is 2.38. The lowest BCUT2D eigenvalue weighted by Gasteiger charge is -2.12. The Morgan fingerprint density at radius 2 is 1.50 bits per heavy atom. The van der Waals surface area contributed by atoms with Gasteiger partial charge in [0.1, 0.15) is 5.69 Å². The Morgan fingerprint density at radius 3 is 2.05 bits per heavy atom. The number of halogens is 7. The molecule has 1 N–H and O–H groups in total. The zero-order chi connectivity index (χ0) is 15.0. The molecule has 106 valence electrons. The van der Waals surface area contributed by atoms with Crippen LogP contribution in [0.15, 0.2) is 16.6 Å². The predicted octanol–water partition coefficient (Wildman–Crippen LogP) is 5.45. The normalized spacial score (nSPS) is 10.8. The molecule has 1 aromatic heterocycles. The minimum atomic E-state index is -1.77. The molecule has 2 nitrogen and oxygen atoms in total. The summed E-state index contributed by atoms with van der Waals surface area (Å²) in [5, 5.41) is 2.16. The van der Waals surface area contributed by atoms with Crippen LogP contribution in [0.25, 0.3) is 0 Å². The average Bonchev–Trinajstić information content (AvgIpc) is 2.41. The predicted molar refractivity (Wildman–Crippen MR) is 71.5 cm³/mol. The molecule has 20 heavy (non-hydrogen) atoms. The Hall–Kier alpha value is -1.05. The highest BCUT2D eigenvalue weighted by atomic mass is 79.9. The van der Waals surface area contributed by atoms with Gasteiger partial charge in [0.25, 0.3) is 11.9 Å². The summed E-state index contributed by atoms with van der Waals surface area (Å²) in [6.07, 6.45) is 0. The molecule has 2 aromatic rings. The summed E-state index contributed by atoms with van der Waals surface area (Å²) < 4.78 is 53.3. The summed E-state index contributed by atoms with van der Waals surface area (Å²) in [6.45, 7) is 0. The minimum Gasteiger partial charge on any atom is -0.349 e. The number of rotatable bonds is 2. The van der Waals surface area contributed by atoms with E-state index in [1.807, 2.05) is 0 Å².